The first kappa shape index (κ1) is 13.0. The number of hydrogen-bond donors (Lipinski definition) is 2. The predicted octanol–water partition coefficient (Wildman–Crippen LogP) is -0.421. The van der Waals surface area contributed by atoms with Crippen molar-refractivity contribution >= 4 is 16.1 Å². The number of primary amides is 1. The van der Waals surface area contributed by atoms with Crippen molar-refractivity contribution in [2.24, 2.45) is 5.73 Å². The van der Waals surface area contributed by atoms with Gasteiger partial charge in [-0.25, -0.2) is 13.2 Å². The van der Waals surface area contributed by atoms with Gasteiger partial charge in [0.1, 0.15) is 0 Å². The van der Waals surface area contributed by atoms with E-state index in [-0.39, 0.29) is 17.3 Å². The van der Waals surface area contributed by atoms with E-state index in [4.69, 9.17) is 5.73 Å². The van der Waals surface area contributed by atoms with Crippen molar-refractivity contribution in [2.75, 3.05) is 13.1 Å². The number of nitrogens with two attached hydrogens (primary N) is 1. The summed E-state index contributed by atoms with van der Waals surface area (Å²) in [6.45, 7) is -0.697. The van der Waals surface area contributed by atoms with Crippen LogP contribution in [0.25, 0.3) is 0 Å². The van der Waals surface area contributed by atoms with Crippen LogP contribution in [0.15, 0.2) is 0 Å². The van der Waals surface area contributed by atoms with Crippen molar-refractivity contribution in [2.45, 2.75) is 18.0 Å². The first-order chi connectivity index (χ1) is 7.14. The highest BCUT2D eigenvalue weighted by molar-refractivity contribution is 7.90. The van der Waals surface area contributed by atoms with Crippen molar-refractivity contribution in [1.82, 2.24) is 9.62 Å². The van der Waals surface area contributed by atoms with Crippen LogP contribution >= 0.6 is 0 Å². The SMILES string of the molecule is NC(=O)N[C@@H]1CCN(S(=O)(=O)C(F)(F)F)C1. The number of nitrogens with one attached hydrogen (secondary N) is 1. The molecule has 2 amide bonds. The van der Waals surface area contributed by atoms with Crippen LogP contribution in [0.1, 0.15) is 6.42 Å². The number of sulfonamides is 1. The number of alkyl halides is 3. The summed E-state index contributed by atoms with van der Waals surface area (Å²) < 4.78 is 58.6. The monoisotopic (exact) mass is 261 g/mol. The maximum absolute atomic E-state index is 12.1. The number of amides is 2. The van der Waals surface area contributed by atoms with Crippen LogP contribution < -0.4 is 11.1 Å². The van der Waals surface area contributed by atoms with E-state index >= 15 is 0 Å². The molecule has 1 aliphatic rings. The summed E-state index contributed by atoms with van der Waals surface area (Å²) in [5.74, 6) is 0. The summed E-state index contributed by atoms with van der Waals surface area (Å²) in [5, 5.41) is 2.16. The highest BCUT2D eigenvalue weighted by Crippen LogP contribution is 2.29. The number of rotatable bonds is 2. The molecule has 0 aromatic rings. The Balaban J connectivity index is 2.70. The smallest absolute Gasteiger partial charge is 0.352 e. The van der Waals surface area contributed by atoms with Crippen molar-refractivity contribution in [1.29, 1.82) is 0 Å². The van der Waals surface area contributed by atoms with Crippen molar-refractivity contribution in [3.63, 3.8) is 0 Å². The molecule has 1 fully saturated rings. The number of halogens is 3. The van der Waals surface area contributed by atoms with Crippen molar-refractivity contribution < 1.29 is 26.4 Å². The van der Waals surface area contributed by atoms with Gasteiger partial charge in [0.05, 0.1) is 0 Å². The number of carbonyl (C=O) groups is 1. The van der Waals surface area contributed by atoms with Gasteiger partial charge in [0, 0.05) is 19.1 Å². The Hall–Kier alpha value is -1.03. The molecule has 1 atom stereocenters. The summed E-state index contributed by atoms with van der Waals surface area (Å²) in [6.07, 6.45) is 0.109. The number of urea groups is 1. The van der Waals surface area contributed by atoms with Crippen LogP contribution in [0.2, 0.25) is 0 Å². The third kappa shape index (κ3) is 2.55. The van der Waals surface area contributed by atoms with E-state index in [1.54, 1.807) is 0 Å². The molecule has 1 aliphatic heterocycles. The fourth-order valence-corrected chi connectivity index (χ4v) is 2.43. The molecule has 0 spiro atoms. The first-order valence-corrected chi connectivity index (χ1v) is 5.71. The van der Waals surface area contributed by atoms with E-state index in [2.05, 4.69) is 5.32 Å². The van der Waals surface area contributed by atoms with E-state index < -0.39 is 34.1 Å². The molecule has 1 saturated heterocycles. The lowest BCUT2D eigenvalue weighted by atomic mass is 10.3. The van der Waals surface area contributed by atoms with Crippen LogP contribution in [0.5, 0.6) is 0 Å². The van der Waals surface area contributed by atoms with E-state index in [0.29, 0.717) is 0 Å². The third-order valence-corrected chi connectivity index (χ3v) is 3.73. The topological polar surface area (TPSA) is 92.5 Å². The molecule has 1 rings (SSSR count). The van der Waals surface area contributed by atoms with Crippen LogP contribution in [0.4, 0.5) is 18.0 Å². The van der Waals surface area contributed by atoms with Gasteiger partial charge in [0.2, 0.25) is 0 Å². The molecule has 16 heavy (non-hydrogen) atoms. The zero-order chi connectivity index (χ0) is 12.6. The molecule has 0 saturated carbocycles. The van der Waals surface area contributed by atoms with Gasteiger partial charge in [-0.15, -0.1) is 0 Å². The lowest BCUT2D eigenvalue weighted by Gasteiger charge is -2.18. The maximum atomic E-state index is 12.1. The Kier molecular flexibility index (Phi) is 3.33. The second-order valence-electron chi connectivity index (χ2n) is 3.30. The predicted molar refractivity (Wildman–Crippen MR) is 47.7 cm³/mol. The number of hydrogen-bond acceptors (Lipinski definition) is 3. The summed E-state index contributed by atoms with van der Waals surface area (Å²) in [6, 6.07) is -1.56. The molecule has 3 N–H and O–H groups in total. The van der Waals surface area contributed by atoms with E-state index in [1.807, 2.05) is 0 Å². The minimum absolute atomic E-state index is 0.109. The molecule has 0 aromatic heterocycles. The van der Waals surface area contributed by atoms with Crippen LogP contribution in [-0.2, 0) is 10.0 Å². The lowest BCUT2D eigenvalue weighted by molar-refractivity contribution is -0.0483. The van der Waals surface area contributed by atoms with Crippen LogP contribution in [0.3, 0.4) is 0 Å². The quantitative estimate of drug-likeness (QED) is 0.707. The maximum Gasteiger partial charge on any atom is 0.511 e. The molecule has 0 aliphatic carbocycles. The summed E-state index contributed by atoms with van der Waals surface area (Å²) in [7, 11) is -5.30. The fourth-order valence-electron chi connectivity index (χ4n) is 1.41. The number of nitrogens with zero attached hydrogens (tertiary/aromatic N) is 1. The summed E-state index contributed by atoms with van der Waals surface area (Å²) >= 11 is 0. The summed E-state index contributed by atoms with van der Waals surface area (Å²) in [4.78, 5) is 10.4. The largest absolute Gasteiger partial charge is 0.511 e. The van der Waals surface area contributed by atoms with Crippen molar-refractivity contribution in [3.8, 4) is 0 Å². The highest BCUT2D eigenvalue weighted by Gasteiger charge is 2.51. The average molecular weight is 261 g/mol. The average Bonchev–Trinajstić information content (AvgIpc) is 2.49. The highest BCUT2D eigenvalue weighted by atomic mass is 32.2. The van der Waals surface area contributed by atoms with Gasteiger partial charge >= 0.3 is 21.6 Å². The van der Waals surface area contributed by atoms with Gasteiger partial charge in [-0.3, -0.25) is 0 Å². The molecule has 94 valence electrons. The molecular formula is C6H10F3N3O3S. The van der Waals surface area contributed by atoms with Gasteiger partial charge in [0.25, 0.3) is 0 Å². The molecule has 1 heterocycles. The van der Waals surface area contributed by atoms with E-state index in [9.17, 15) is 26.4 Å². The van der Waals surface area contributed by atoms with Crippen molar-refractivity contribution in [3.05, 3.63) is 0 Å². The Morgan fingerprint density at radius 1 is 1.44 bits per heavy atom. The van der Waals surface area contributed by atoms with E-state index in [0.717, 1.165) is 0 Å². The van der Waals surface area contributed by atoms with E-state index in [1.165, 1.54) is 0 Å². The Morgan fingerprint density at radius 3 is 2.44 bits per heavy atom. The minimum Gasteiger partial charge on any atom is -0.352 e. The summed E-state index contributed by atoms with van der Waals surface area (Å²) in [5.41, 5.74) is -0.539. The molecular weight excluding hydrogens is 251 g/mol. The molecule has 10 heteroatoms. The van der Waals surface area contributed by atoms with Crippen LogP contribution in [0, 0.1) is 0 Å². The zero-order valence-corrected chi connectivity index (χ0v) is 8.81. The second-order valence-corrected chi connectivity index (χ2v) is 5.23. The Morgan fingerprint density at radius 2 is 2.00 bits per heavy atom. The van der Waals surface area contributed by atoms with Gasteiger partial charge in [-0.05, 0) is 6.42 Å². The standard InChI is InChI=1S/C6H10F3N3O3S/c7-6(8,9)16(14,15)12-2-1-4(3-12)11-5(10)13/h4H,1-3H2,(H3,10,11,13)/t4-/m1/s1. The first-order valence-electron chi connectivity index (χ1n) is 4.27. The van der Waals surface area contributed by atoms with Gasteiger partial charge in [-0.2, -0.15) is 17.5 Å². The molecule has 0 unspecified atom stereocenters. The van der Waals surface area contributed by atoms with Gasteiger partial charge in [0.15, 0.2) is 0 Å². The minimum atomic E-state index is -5.31. The van der Waals surface area contributed by atoms with Gasteiger partial charge in [-0.1, -0.05) is 0 Å². The second kappa shape index (κ2) is 4.09. The van der Waals surface area contributed by atoms with Gasteiger partial charge < -0.3 is 11.1 Å². The Labute approximate surface area is 89.6 Å². The molecule has 6 nitrogen and oxygen atoms in total. The molecule has 0 aromatic carbocycles. The Bertz CT molecular complexity index is 380. The number of carbonyl (C=O) groups excluding carboxylic acids is 1. The molecule has 0 bridgehead atoms. The third-order valence-electron chi connectivity index (χ3n) is 2.13. The van der Waals surface area contributed by atoms with Crippen LogP contribution in [-0.4, -0.2) is 43.4 Å². The lowest BCUT2D eigenvalue weighted by Crippen LogP contribution is -2.43. The zero-order valence-electron chi connectivity index (χ0n) is 7.99. The molecule has 0 radical (unpaired) electrons. The fraction of sp³-hybridized carbons (Fsp3) is 0.833. The normalized spacial score (nSPS) is 23.3.